The fourth-order valence-corrected chi connectivity index (χ4v) is 2.94. The molecule has 0 unspecified atom stereocenters. The number of rotatable bonds is 3. The summed E-state index contributed by atoms with van der Waals surface area (Å²) in [6.07, 6.45) is 0.820. The zero-order chi connectivity index (χ0) is 15.5. The van der Waals surface area contributed by atoms with E-state index in [2.05, 4.69) is 26.8 Å². The lowest BCUT2D eigenvalue weighted by Gasteiger charge is -2.08. The van der Waals surface area contributed by atoms with E-state index in [1.165, 1.54) is 5.56 Å². The predicted octanol–water partition coefficient (Wildman–Crippen LogP) is 3.01. The molecule has 22 heavy (non-hydrogen) atoms. The van der Waals surface area contributed by atoms with E-state index in [9.17, 15) is 9.59 Å². The largest absolute Gasteiger partial charge is 0.273 e. The smallest absolute Gasteiger partial charge is 0.270 e. The summed E-state index contributed by atoms with van der Waals surface area (Å²) in [5.41, 5.74) is 6.63. The molecule has 0 radical (unpaired) electrons. The molecule has 2 amide bonds. The van der Waals surface area contributed by atoms with Crippen LogP contribution in [-0.2, 0) is 4.79 Å². The average molecular weight is 359 g/mol. The minimum Gasteiger partial charge on any atom is -0.273 e. The van der Waals surface area contributed by atoms with Crippen LogP contribution in [0.15, 0.2) is 59.1 Å². The van der Waals surface area contributed by atoms with Crippen LogP contribution in [0.1, 0.15) is 28.3 Å². The number of hydrogen-bond donors (Lipinski definition) is 2. The van der Waals surface area contributed by atoms with Crippen molar-refractivity contribution < 1.29 is 9.59 Å². The second kappa shape index (κ2) is 6.32. The lowest BCUT2D eigenvalue weighted by molar-refractivity contribution is -0.123. The number of halogens is 1. The zero-order valence-corrected chi connectivity index (χ0v) is 13.3. The minimum absolute atomic E-state index is 0.0677. The van der Waals surface area contributed by atoms with Gasteiger partial charge in [0, 0.05) is 10.4 Å². The van der Waals surface area contributed by atoms with Crippen LogP contribution >= 0.6 is 15.9 Å². The Bertz CT molecular complexity index is 703. The van der Waals surface area contributed by atoms with Gasteiger partial charge in [-0.15, -0.1) is 0 Å². The van der Waals surface area contributed by atoms with Gasteiger partial charge < -0.3 is 0 Å². The molecule has 0 heterocycles. The van der Waals surface area contributed by atoms with Crippen molar-refractivity contribution in [2.75, 3.05) is 0 Å². The maximum atomic E-state index is 12.1. The molecule has 0 aromatic heterocycles. The Morgan fingerprint density at radius 3 is 2.36 bits per heavy atom. The number of hydrazine groups is 1. The normalized spacial score (nSPS) is 19.3. The van der Waals surface area contributed by atoms with Crippen molar-refractivity contribution in [3.63, 3.8) is 0 Å². The Labute approximate surface area is 137 Å². The Balaban J connectivity index is 1.54. The molecule has 0 saturated heterocycles. The van der Waals surface area contributed by atoms with Gasteiger partial charge in [-0.2, -0.15) is 0 Å². The Morgan fingerprint density at radius 2 is 1.64 bits per heavy atom. The quantitative estimate of drug-likeness (QED) is 0.828. The van der Waals surface area contributed by atoms with Gasteiger partial charge in [0.2, 0.25) is 5.91 Å². The van der Waals surface area contributed by atoms with Crippen molar-refractivity contribution in [2.24, 2.45) is 5.92 Å². The number of carbonyl (C=O) groups is 2. The van der Waals surface area contributed by atoms with Crippen LogP contribution in [-0.4, -0.2) is 11.8 Å². The molecule has 112 valence electrons. The molecule has 1 fully saturated rings. The first-order valence-electron chi connectivity index (χ1n) is 7.06. The van der Waals surface area contributed by atoms with Crippen molar-refractivity contribution in [2.45, 2.75) is 12.3 Å². The van der Waals surface area contributed by atoms with Crippen LogP contribution in [0.2, 0.25) is 0 Å². The van der Waals surface area contributed by atoms with Gasteiger partial charge in [0.15, 0.2) is 0 Å². The first kappa shape index (κ1) is 14.8. The predicted molar refractivity (Wildman–Crippen MR) is 87.0 cm³/mol. The summed E-state index contributed by atoms with van der Waals surface area (Å²) >= 11 is 3.31. The molecular formula is C17H15BrN2O2. The Kier molecular flexibility index (Phi) is 4.24. The Morgan fingerprint density at radius 1 is 0.955 bits per heavy atom. The number of amides is 2. The zero-order valence-electron chi connectivity index (χ0n) is 11.8. The highest BCUT2D eigenvalue weighted by Crippen LogP contribution is 2.47. The van der Waals surface area contributed by atoms with Gasteiger partial charge in [-0.05, 0) is 46.0 Å². The molecule has 0 spiro atoms. The van der Waals surface area contributed by atoms with Gasteiger partial charge in [-0.25, -0.2) is 0 Å². The molecule has 1 aliphatic carbocycles. The highest BCUT2D eigenvalue weighted by Gasteiger charge is 2.43. The van der Waals surface area contributed by atoms with Crippen molar-refractivity contribution in [1.82, 2.24) is 10.9 Å². The minimum atomic E-state index is -0.335. The number of benzene rings is 2. The van der Waals surface area contributed by atoms with Gasteiger partial charge in [0.05, 0.1) is 5.56 Å². The van der Waals surface area contributed by atoms with Gasteiger partial charge in [-0.3, -0.25) is 20.4 Å². The third kappa shape index (κ3) is 3.20. The third-order valence-electron chi connectivity index (χ3n) is 3.77. The van der Waals surface area contributed by atoms with Gasteiger partial charge >= 0.3 is 0 Å². The van der Waals surface area contributed by atoms with Crippen LogP contribution < -0.4 is 10.9 Å². The number of hydrogen-bond acceptors (Lipinski definition) is 2. The lowest BCUT2D eigenvalue weighted by Crippen LogP contribution is -2.42. The van der Waals surface area contributed by atoms with E-state index >= 15 is 0 Å². The van der Waals surface area contributed by atoms with Gasteiger partial charge in [0.25, 0.3) is 5.91 Å². The summed E-state index contributed by atoms with van der Waals surface area (Å²) in [6, 6.07) is 17.0. The Hall–Kier alpha value is -2.14. The van der Waals surface area contributed by atoms with Crippen LogP contribution in [0, 0.1) is 5.92 Å². The summed E-state index contributed by atoms with van der Waals surface area (Å²) in [6.45, 7) is 0. The molecule has 2 N–H and O–H groups in total. The SMILES string of the molecule is O=C(NNC(=O)[C@H]1C[C@@H]1c1ccccc1)c1ccccc1Br. The van der Waals surface area contributed by atoms with Gasteiger partial charge in [0.1, 0.15) is 0 Å². The number of nitrogens with one attached hydrogen (secondary N) is 2. The maximum Gasteiger partial charge on any atom is 0.270 e. The van der Waals surface area contributed by atoms with Gasteiger partial charge in [-0.1, -0.05) is 42.5 Å². The van der Waals surface area contributed by atoms with Crippen molar-refractivity contribution in [1.29, 1.82) is 0 Å². The second-order valence-electron chi connectivity index (χ2n) is 5.28. The molecule has 2 aromatic carbocycles. The fraction of sp³-hybridized carbons (Fsp3) is 0.176. The van der Waals surface area contributed by atoms with Crippen LogP contribution in [0.3, 0.4) is 0 Å². The van der Waals surface area contributed by atoms with E-state index < -0.39 is 0 Å². The van der Waals surface area contributed by atoms with Crippen molar-refractivity contribution >= 4 is 27.7 Å². The standard InChI is InChI=1S/C17H15BrN2O2/c18-15-9-5-4-8-12(15)16(21)19-20-17(22)14-10-13(14)11-6-2-1-3-7-11/h1-9,13-14H,10H2,(H,19,21)(H,20,22)/t13-,14+/m1/s1. The first-order chi connectivity index (χ1) is 10.7. The summed E-state index contributed by atoms with van der Waals surface area (Å²) in [5, 5.41) is 0. The maximum absolute atomic E-state index is 12.1. The molecular weight excluding hydrogens is 344 g/mol. The van der Waals surface area contributed by atoms with Crippen LogP contribution in [0.4, 0.5) is 0 Å². The van der Waals surface area contributed by atoms with Crippen molar-refractivity contribution in [3.8, 4) is 0 Å². The molecule has 3 rings (SSSR count). The van der Waals surface area contributed by atoms with Crippen LogP contribution in [0.5, 0.6) is 0 Å². The summed E-state index contributed by atoms with van der Waals surface area (Å²) in [7, 11) is 0. The molecule has 2 aromatic rings. The highest BCUT2D eigenvalue weighted by molar-refractivity contribution is 9.10. The molecule has 2 atom stereocenters. The monoisotopic (exact) mass is 358 g/mol. The fourth-order valence-electron chi connectivity index (χ4n) is 2.48. The molecule has 5 heteroatoms. The molecule has 1 saturated carbocycles. The third-order valence-corrected chi connectivity index (χ3v) is 4.46. The average Bonchev–Trinajstić information content (AvgIpc) is 3.34. The molecule has 0 bridgehead atoms. The molecule has 0 aliphatic heterocycles. The summed E-state index contributed by atoms with van der Waals surface area (Å²) < 4.78 is 0.690. The lowest BCUT2D eigenvalue weighted by atomic mass is 10.1. The first-order valence-corrected chi connectivity index (χ1v) is 7.86. The molecule has 4 nitrogen and oxygen atoms in total. The summed E-state index contributed by atoms with van der Waals surface area (Å²) in [4.78, 5) is 24.1. The van der Waals surface area contributed by atoms with E-state index in [4.69, 9.17) is 0 Å². The van der Waals surface area contributed by atoms with Crippen molar-refractivity contribution in [3.05, 3.63) is 70.2 Å². The number of carbonyl (C=O) groups excluding carboxylic acids is 2. The van der Waals surface area contributed by atoms with E-state index in [-0.39, 0.29) is 23.7 Å². The molecule has 1 aliphatic rings. The van der Waals surface area contributed by atoms with E-state index in [1.54, 1.807) is 18.2 Å². The van der Waals surface area contributed by atoms with E-state index in [0.717, 1.165) is 6.42 Å². The van der Waals surface area contributed by atoms with E-state index in [0.29, 0.717) is 10.0 Å². The summed E-state index contributed by atoms with van der Waals surface area (Å²) in [5.74, 6) is -0.296. The van der Waals surface area contributed by atoms with Crippen LogP contribution in [0.25, 0.3) is 0 Å². The highest BCUT2D eigenvalue weighted by atomic mass is 79.9. The second-order valence-corrected chi connectivity index (χ2v) is 6.14. The topological polar surface area (TPSA) is 58.2 Å². The van der Waals surface area contributed by atoms with E-state index in [1.807, 2.05) is 36.4 Å².